The van der Waals surface area contributed by atoms with Gasteiger partial charge >= 0.3 is 5.97 Å². The molecule has 20 heavy (non-hydrogen) atoms. The van der Waals surface area contributed by atoms with Crippen LogP contribution in [0, 0.1) is 12.8 Å². The molecule has 1 aliphatic heterocycles. The second-order valence-electron chi connectivity index (χ2n) is 5.44. The Kier molecular flexibility index (Phi) is 3.88. The van der Waals surface area contributed by atoms with E-state index in [1.807, 2.05) is 13.8 Å². The molecule has 0 amide bonds. The topological polar surface area (TPSA) is 103 Å². The summed E-state index contributed by atoms with van der Waals surface area (Å²) in [5.41, 5.74) is -0.180. The number of sulfonamides is 1. The average Bonchev–Trinajstić information content (AvgIpc) is 2.75. The number of carbonyl (C=O) groups is 1. The molecule has 0 aliphatic carbocycles. The lowest BCUT2D eigenvalue weighted by Crippen LogP contribution is -2.45. The lowest BCUT2D eigenvalue weighted by atomic mass is 9.97. The fourth-order valence-electron chi connectivity index (χ4n) is 2.58. The standard InChI is InChI=1S/C12H19N3O4S/c1-7-4-5-8(2)15(6-7)20(18,19)11-9(3)13-14-10(11)12(16)17/h7-8H,4-6H2,1-3H3,(H,13,14)(H,16,17). The Labute approximate surface area is 118 Å². The predicted molar refractivity (Wildman–Crippen MR) is 72.0 cm³/mol. The van der Waals surface area contributed by atoms with E-state index in [2.05, 4.69) is 10.2 Å². The number of carboxylic acid groups (broad SMARTS) is 1. The van der Waals surface area contributed by atoms with Gasteiger partial charge in [-0.25, -0.2) is 13.2 Å². The van der Waals surface area contributed by atoms with Crippen molar-refractivity contribution in [2.45, 2.75) is 44.6 Å². The highest BCUT2D eigenvalue weighted by Gasteiger charge is 2.38. The number of carboxylic acids is 1. The summed E-state index contributed by atoms with van der Waals surface area (Å²) in [5.74, 6) is -1.08. The van der Waals surface area contributed by atoms with Crippen LogP contribution in [0.25, 0.3) is 0 Å². The summed E-state index contributed by atoms with van der Waals surface area (Å²) in [6, 6.07) is -0.132. The Bertz CT molecular complexity index is 623. The van der Waals surface area contributed by atoms with Crippen molar-refractivity contribution in [2.24, 2.45) is 5.92 Å². The molecule has 0 spiro atoms. The molecule has 1 aromatic rings. The van der Waals surface area contributed by atoms with Gasteiger partial charge in [0.2, 0.25) is 10.0 Å². The fourth-order valence-corrected chi connectivity index (χ4v) is 4.65. The Morgan fingerprint density at radius 1 is 1.40 bits per heavy atom. The first-order chi connectivity index (χ1) is 9.25. The lowest BCUT2D eigenvalue weighted by Gasteiger charge is -2.35. The monoisotopic (exact) mass is 301 g/mol. The zero-order valence-electron chi connectivity index (χ0n) is 11.8. The highest BCUT2D eigenvalue weighted by Crippen LogP contribution is 2.30. The maximum absolute atomic E-state index is 12.8. The molecule has 8 heteroatoms. The number of nitrogens with zero attached hydrogens (tertiary/aromatic N) is 2. The van der Waals surface area contributed by atoms with E-state index in [0.29, 0.717) is 6.54 Å². The molecule has 2 rings (SSSR count). The van der Waals surface area contributed by atoms with E-state index in [1.165, 1.54) is 11.2 Å². The zero-order valence-corrected chi connectivity index (χ0v) is 12.6. The van der Waals surface area contributed by atoms with Crippen molar-refractivity contribution in [1.82, 2.24) is 14.5 Å². The van der Waals surface area contributed by atoms with Gasteiger partial charge in [0.1, 0.15) is 4.90 Å². The van der Waals surface area contributed by atoms with E-state index in [1.54, 1.807) is 0 Å². The number of hydrogen-bond acceptors (Lipinski definition) is 4. The van der Waals surface area contributed by atoms with Gasteiger partial charge in [-0.1, -0.05) is 6.92 Å². The normalized spacial score (nSPS) is 24.8. The van der Waals surface area contributed by atoms with E-state index in [-0.39, 0.29) is 22.5 Å². The van der Waals surface area contributed by atoms with Gasteiger partial charge in [0.15, 0.2) is 5.69 Å². The highest BCUT2D eigenvalue weighted by molar-refractivity contribution is 7.89. The van der Waals surface area contributed by atoms with Gasteiger partial charge in [-0.3, -0.25) is 5.10 Å². The third-order valence-corrected chi connectivity index (χ3v) is 5.86. The molecular weight excluding hydrogens is 282 g/mol. The molecule has 1 saturated heterocycles. The number of H-pyrrole nitrogens is 1. The van der Waals surface area contributed by atoms with E-state index in [9.17, 15) is 13.2 Å². The quantitative estimate of drug-likeness (QED) is 0.873. The van der Waals surface area contributed by atoms with E-state index < -0.39 is 21.7 Å². The lowest BCUT2D eigenvalue weighted by molar-refractivity contribution is 0.0685. The second-order valence-corrected chi connectivity index (χ2v) is 7.27. The first-order valence-electron chi connectivity index (χ1n) is 6.55. The van der Waals surface area contributed by atoms with E-state index in [0.717, 1.165) is 12.8 Å². The summed E-state index contributed by atoms with van der Waals surface area (Å²) < 4.78 is 26.9. The van der Waals surface area contributed by atoms with Crippen LogP contribution >= 0.6 is 0 Å². The molecule has 7 nitrogen and oxygen atoms in total. The molecule has 1 aliphatic rings. The van der Waals surface area contributed by atoms with Gasteiger partial charge in [0.05, 0.1) is 5.69 Å². The van der Waals surface area contributed by atoms with Gasteiger partial charge in [-0.15, -0.1) is 0 Å². The first kappa shape index (κ1) is 15.0. The van der Waals surface area contributed by atoms with Crippen LogP contribution in [0.2, 0.25) is 0 Å². The van der Waals surface area contributed by atoms with Crippen molar-refractivity contribution in [3.63, 3.8) is 0 Å². The van der Waals surface area contributed by atoms with Crippen LogP contribution < -0.4 is 0 Å². The predicted octanol–water partition coefficient (Wildman–Crippen LogP) is 1.23. The SMILES string of the molecule is Cc1[nH]nc(C(=O)O)c1S(=O)(=O)N1CC(C)CCC1C. The molecule has 2 atom stereocenters. The minimum atomic E-state index is -3.85. The minimum Gasteiger partial charge on any atom is -0.476 e. The third kappa shape index (κ3) is 2.45. The number of rotatable bonds is 3. The molecule has 112 valence electrons. The van der Waals surface area contributed by atoms with Crippen molar-refractivity contribution in [2.75, 3.05) is 6.54 Å². The maximum atomic E-state index is 12.8. The van der Waals surface area contributed by atoms with Gasteiger partial charge in [-0.2, -0.15) is 9.40 Å². The smallest absolute Gasteiger partial charge is 0.357 e. The molecular formula is C12H19N3O4S. The molecule has 2 heterocycles. The molecule has 2 N–H and O–H groups in total. The molecule has 0 radical (unpaired) electrons. The number of aryl methyl sites for hydroxylation is 1. The van der Waals surface area contributed by atoms with Crippen LogP contribution in [0.15, 0.2) is 4.90 Å². The van der Waals surface area contributed by atoms with Crippen molar-refractivity contribution in [3.05, 3.63) is 11.4 Å². The molecule has 0 aromatic carbocycles. The van der Waals surface area contributed by atoms with Crippen LogP contribution in [0.4, 0.5) is 0 Å². The van der Waals surface area contributed by atoms with Gasteiger partial charge in [0.25, 0.3) is 0 Å². The summed E-state index contributed by atoms with van der Waals surface area (Å²) in [6.07, 6.45) is 1.75. The number of piperidine rings is 1. The van der Waals surface area contributed by atoms with Crippen LogP contribution in [-0.4, -0.2) is 46.6 Å². The number of hydrogen-bond donors (Lipinski definition) is 2. The van der Waals surface area contributed by atoms with Crippen LogP contribution in [-0.2, 0) is 10.0 Å². The molecule has 0 bridgehead atoms. The third-order valence-electron chi connectivity index (χ3n) is 3.72. The largest absolute Gasteiger partial charge is 0.476 e. The Morgan fingerprint density at radius 2 is 2.05 bits per heavy atom. The Morgan fingerprint density at radius 3 is 2.65 bits per heavy atom. The number of nitrogens with one attached hydrogen (secondary N) is 1. The fraction of sp³-hybridized carbons (Fsp3) is 0.667. The van der Waals surface area contributed by atoms with Gasteiger partial charge < -0.3 is 5.11 Å². The molecule has 0 saturated carbocycles. The van der Waals surface area contributed by atoms with Crippen molar-refractivity contribution in [3.8, 4) is 0 Å². The van der Waals surface area contributed by atoms with Gasteiger partial charge in [0, 0.05) is 12.6 Å². The Hall–Kier alpha value is -1.41. The van der Waals surface area contributed by atoms with Crippen molar-refractivity contribution >= 4 is 16.0 Å². The summed E-state index contributed by atoms with van der Waals surface area (Å²) in [5, 5.41) is 15.1. The van der Waals surface area contributed by atoms with Crippen molar-refractivity contribution in [1.29, 1.82) is 0 Å². The van der Waals surface area contributed by atoms with Gasteiger partial charge in [-0.05, 0) is 32.6 Å². The second kappa shape index (κ2) is 5.17. The van der Waals surface area contributed by atoms with Crippen LogP contribution in [0.3, 0.4) is 0 Å². The average molecular weight is 301 g/mol. The molecule has 2 unspecified atom stereocenters. The Balaban J connectivity index is 2.50. The van der Waals surface area contributed by atoms with Crippen molar-refractivity contribution < 1.29 is 18.3 Å². The first-order valence-corrected chi connectivity index (χ1v) is 7.99. The summed E-state index contributed by atoms with van der Waals surface area (Å²) in [4.78, 5) is 10.9. The molecule has 1 fully saturated rings. The summed E-state index contributed by atoms with van der Waals surface area (Å²) in [7, 11) is -3.85. The van der Waals surface area contributed by atoms with E-state index >= 15 is 0 Å². The van der Waals surface area contributed by atoms with E-state index in [4.69, 9.17) is 5.11 Å². The maximum Gasteiger partial charge on any atom is 0.357 e. The van der Waals surface area contributed by atoms with Crippen LogP contribution in [0.5, 0.6) is 0 Å². The summed E-state index contributed by atoms with van der Waals surface area (Å²) >= 11 is 0. The molecule has 1 aromatic heterocycles. The van der Waals surface area contributed by atoms with Crippen LogP contribution in [0.1, 0.15) is 42.9 Å². The number of aromatic amines is 1. The highest BCUT2D eigenvalue weighted by atomic mass is 32.2. The zero-order chi connectivity index (χ0) is 15.1. The number of aromatic carboxylic acids is 1. The number of aromatic nitrogens is 2. The minimum absolute atomic E-state index is 0.132. The summed E-state index contributed by atoms with van der Waals surface area (Å²) in [6.45, 7) is 5.77.